The Morgan fingerprint density at radius 3 is 2.83 bits per heavy atom. The van der Waals surface area contributed by atoms with Crippen molar-refractivity contribution >= 4 is 11.3 Å². The average Bonchev–Trinajstić information content (AvgIpc) is 2.49. The molecule has 1 rings (SSSR count). The van der Waals surface area contributed by atoms with Crippen LogP contribution in [0.15, 0.2) is 6.20 Å². The van der Waals surface area contributed by atoms with Crippen LogP contribution in [0.3, 0.4) is 0 Å². The molecule has 0 saturated heterocycles. The fraction of sp³-hybridized carbons (Fsp3) is 0.625. The van der Waals surface area contributed by atoms with E-state index in [1.165, 1.54) is 11.3 Å². The van der Waals surface area contributed by atoms with Crippen molar-refractivity contribution in [2.24, 2.45) is 5.73 Å². The predicted octanol–water partition coefficient (Wildman–Crippen LogP) is 1.22. The van der Waals surface area contributed by atoms with Crippen LogP contribution in [0.1, 0.15) is 29.3 Å². The molecule has 0 saturated carbocycles. The molecule has 4 heteroatoms. The van der Waals surface area contributed by atoms with Gasteiger partial charge in [0.05, 0.1) is 0 Å². The number of aryl methyl sites for hydroxylation is 1. The summed E-state index contributed by atoms with van der Waals surface area (Å²) in [6.07, 6.45) is 1.92. The van der Waals surface area contributed by atoms with E-state index in [0.29, 0.717) is 0 Å². The lowest BCUT2D eigenvalue weighted by Crippen LogP contribution is -2.27. The molecule has 0 aliphatic rings. The first-order valence-electron chi connectivity index (χ1n) is 4.01. The van der Waals surface area contributed by atoms with Crippen molar-refractivity contribution in [3.8, 4) is 0 Å². The first kappa shape index (κ1) is 9.64. The number of hydrogen-bond acceptors (Lipinski definition) is 4. The van der Waals surface area contributed by atoms with Crippen molar-refractivity contribution in [3.63, 3.8) is 0 Å². The Morgan fingerprint density at radius 1 is 1.75 bits per heavy atom. The molecule has 2 atom stereocenters. The van der Waals surface area contributed by atoms with Crippen LogP contribution in [-0.2, 0) is 0 Å². The Bertz CT molecular complexity index is 249. The Balaban J connectivity index is 2.70. The molecule has 0 amide bonds. The Kier molecular flexibility index (Phi) is 3.20. The molecule has 0 radical (unpaired) electrons. The Hall–Kier alpha value is -0.450. The topological polar surface area (TPSA) is 59.1 Å². The second kappa shape index (κ2) is 3.98. The zero-order chi connectivity index (χ0) is 9.14. The van der Waals surface area contributed by atoms with Crippen LogP contribution in [0.5, 0.6) is 0 Å². The zero-order valence-electron chi connectivity index (χ0n) is 7.32. The third-order valence-electron chi connectivity index (χ3n) is 1.77. The summed E-state index contributed by atoms with van der Waals surface area (Å²) < 4.78 is 0. The SMILES string of the molecule is CCC(N)C(O)c1ncc(C)s1. The van der Waals surface area contributed by atoms with E-state index in [-0.39, 0.29) is 6.04 Å². The minimum Gasteiger partial charge on any atom is -0.384 e. The van der Waals surface area contributed by atoms with Crippen molar-refractivity contribution in [3.05, 3.63) is 16.1 Å². The molecule has 2 unspecified atom stereocenters. The molecule has 0 aliphatic heterocycles. The fourth-order valence-electron chi connectivity index (χ4n) is 0.915. The van der Waals surface area contributed by atoms with E-state index >= 15 is 0 Å². The highest BCUT2D eigenvalue weighted by molar-refractivity contribution is 7.11. The summed E-state index contributed by atoms with van der Waals surface area (Å²) in [6.45, 7) is 3.92. The number of hydrogen-bond donors (Lipinski definition) is 2. The van der Waals surface area contributed by atoms with Crippen molar-refractivity contribution < 1.29 is 5.11 Å². The normalized spacial score (nSPS) is 16.0. The lowest BCUT2D eigenvalue weighted by Gasteiger charge is -2.13. The largest absolute Gasteiger partial charge is 0.384 e. The Morgan fingerprint density at radius 2 is 2.42 bits per heavy atom. The van der Waals surface area contributed by atoms with Crippen LogP contribution >= 0.6 is 11.3 Å². The smallest absolute Gasteiger partial charge is 0.123 e. The number of aromatic nitrogens is 1. The van der Waals surface area contributed by atoms with Gasteiger partial charge in [0.1, 0.15) is 11.1 Å². The fourth-order valence-corrected chi connectivity index (χ4v) is 1.75. The predicted molar refractivity (Wildman–Crippen MR) is 50.1 cm³/mol. The maximum absolute atomic E-state index is 9.63. The Labute approximate surface area is 76.3 Å². The summed E-state index contributed by atoms with van der Waals surface area (Å²) in [5, 5.41) is 10.3. The molecule has 0 fully saturated rings. The number of nitrogens with two attached hydrogens (primary N) is 1. The summed E-state index contributed by atoms with van der Waals surface area (Å²) in [6, 6.07) is -0.199. The highest BCUT2D eigenvalue weighted by Gasteiger charge is 2.17. The molecule has 1 heterocycles. The second-order valence-electron chi connectivity index (χ2n) is 2.83. The number of aliphatic hydroxyl groups excluding tert-OH is 1. The third kappa shape index (κ3) is 2.03. The van der Waals surface area contributed by atoms with Crippen LogP contribution in [-0.4, -0.2) is 16.1 Å². The van der Waals surface area contributed by atoms with Crippen LogP contribution in [0.25, 0.3) is 0 Å². The molecule has 1 aromatic rings. The lowest BCUT2D eigenvalue weighted by molar-refractivity contribution is 0.144. The van der Waals surface area contributed by atoms with Crippen LogP contribution in [0, 0.1) is 6.92 Å². The molecule has 0 spiro atoms. The van der Waals surface area contributed by atoms with Gasteiger partial charge in [-0.1, -0.05) is 6.92 Å². The standard InChI is InChI=1S/C8H14N2OS/c1-3-6(9)7(11)8-10-4-5(2)12-8/h4,6-7,11H,3,9H2,1-2H3. The molecule has 3 N–H and O–H groups in total. The molecular weight excluding hydrogens is 172 g/mol. The highest BCUT2D eigenvalue weighted by atomic mass is 32.1. The third-order valence-corrected chi connectivity index (χ3v) is 2.75. The van der Waals surface area contributed by atoms with Gasteiger partial charge >= 0.3 is 0 Å². The summed E-state index contributed by atoms with van der Waals surface area (Å²) in [7, 11) is 0. The van der Waals surface area contributed by atoms with Crippen LogP contribution in [0.4, 0.5) is 0 Å². The molecule has 3 nitrogen and oxygen atoms in total. The second-order valence-corrected chi connectivity index (χ2v) is 4.09. The van der Waals surface area contributed by atoms with Gasteiger partial charge in [0.2, 0.25) is 0 Å². The van der Waals surface area contributed by atoms with Crippen molar-refractivity contribution in [1.82, 2.24) is 4.98 Å². The maximum Gasteiger partial charge on any atom is 0.123 e. The van der Waals surface area contributed by atoms with Gasteiger partial charge in [0.25, 0.3) is 0 Å². The number of thiazole rings is 1. The first-order valence-corrected chi connectivity index (χ1v) is 4.82. The molecule has 1 aromatic heterocycles. The molecule has 0 aliphatic carbocycles. The van der Waals surface area contributed by atoms with Gasteiger partial charge < -0.3 is 10.8 Å². The van der Waals surface area contributed by atoms with Gasteiger partial charge in [0, 0.05) is 17.1 Å². The monoisotopic (exact) mass is 186 g/mol. The summed E-state index contributed by atoms with van der Waals surface area (Å²) in [4.78, 5) is 5.18. The lowest BCUT2D eigenvalue weighted by atomic mass is 10.1. The van der Waals surface area contributed by atoms with E-state index in [1.54, 1.807) is 6.20 Å². The van der Waals surface area contributed by atoms with E-state index in [9.17, 15) is 5.11 Å². The molecule has 12 heavy (non-hydrogen) atoms. The van der Waals surface area contributed by atoms with Crippen molar-refractivity contribution in [2.75, 3.05) is 0 Å². The van der Waals surface area contributed by atoms with E-state index in [2.05, 4.69) is 4.98 Å². The highest BCUT2D eigenvalue weighted by Crippen LogP contribution is 2.22. The number of aliphatic hydroxyl groups is 1. The van der Waals surface area contributed by atoms with E-state index in [0.717, 1.165) is 16.3 Å². The van der Waals surface area contributed by atoms with Crippen LogP contribution in [0.2, 0.25) is 0 Å². The van der Waals surface area contributed by atoms with Gasteiger partial charge in [0.15, 0.2) is 0 Å². The van der Waals surface area contributed by atoms with Gasteiger partial charge in [-0.25, -0.2) is 4.98 Å². The molecular formula is C8H14N2OS. The van der Waals surface area contributed by atoms with Gasteiger partial charge in [-0.05, 0) is 13.3 Å². The first-order chi connectivity index (χ1) is 5.65. The average molecular weight is 186 g/mol. The zero-order valence-corrected chi connectivity index (χ0v) is 8.14. The van der Waals surface area contributed by atoms with Crippen molar-refractivity contribution in [1.29, 1.82) is 0 Å². The minimum absolute atomic E-state index is 0.199. The van der Waals surface area contributed by atoms with Gasteiger partial charge in [-0.15, -0.1) is 11.3 Å². The van der Waals surface area contributed by atoms with E-state index in [1.807, 2.05) is 13.8 Å². The molecule has 68 valence electrons. The maximum atomic E-state index is 9.63. The molecule has 0 bridgehead atoms. The van der Waals surface area contributed by atoms with Gasteiger partial charge in [-0.2, -0.15) is 0 Å². The van der Waals surface area contributed by atoms with Crippen LogP contribution < -0.4 is 5.73 Å². The van der Waals surface area contributed by atoms with E-state index in [4.69, 9.17) is 5.73 Å². The minimum atomic E-state index is -0.603. The van der Waals surface area contributed by atoms with Gasteiger partial charge in [-0.3, -0.25) is 0 Å². The quantitative estimate of drug-likeness (QED) is 0.746. The summed E-state index contributed by atoms with van der Waals surface area (Å²) in [5.41, 5.74) is 5.67. The molecule has 0 aromatic carbocycles. The van der Waals surface area contributed by atoms with E-state index < -0.39 is 6.10 Å². The number of rotatable bonds is 3. The summed E-state index contributed by atoms with van der Waals surface area (Å²) >= 11 is 1.50. The number of nitrogens with zero attached hydrogens (tertiary/aromatic N) is 1. The van der Waals surface area contributed by atoms with Crippen molar-refractivity contribution in [2.45, 2.75) is 32.4 Å². The summed E-state index contributed by atoms with van der Waals surface area (Å²) in [5.74, 6) is 0.